The minimum atomic E-state index is -4.88. The summed E-state index contributed by atoms with van der Waals surface area (Å²) in [5.41, 5.74) is -1.98. The number of benzene rings is 2. The second-order valence-corrected chi connectivity index (χ2v) is 7.33. The van der Waals surface area contributed by atoms with Gasteiger partial charge < -0.3 is 10.1 Å². The molecule has 1 heterocycles. The molecule has 3 rings (SSSR count). The maximum atomic E-state index is 13.0. The normalized spacial score (nSPS) is 20.0. The molecule has 1 saturated heterocycles. The summed E-state index contributed by atoms with van der Waals surface area (Å²) >= 11 is 5.90. The SMILES string of the molecule is Cl.FC(F)(F)c1cc(CO[C@H]2CCCN[C@H]2c2ccc(Cl)cc2)cc(C(F)(F)F)c1. The van der Waals surface area contributed by atoms with Crippen LogP contribution in [0, 0.1) is 0 Å². The fourth-order valence-electron chi connectivity index (χ4n) is 3.35. The predicted octanol–water partition coefficient (Wildman–Crippen LogP) is 6.81. The molecule has 0 saturated carbocycles. The molecule has 2 aromatic rings. The van der Waals surface area contributed by atoms with Gasteiger partial charge in [-0.15, -0.1) is 12.4 Å². The molecular formula is C20H19Cl2F6NO. The van der Waals surface area contributed by atoms with Crippen LogP contribution in [0.25, 0.3) is 0 Å². The summed E-state index contributed by atoms with van der Waals surface area (Å²) < 4.78 is 83.9. The molecule has 30 heavy (non-hydrogen) atoms. The third-order valence-electron chi connectivity index (χ3n) is 4.74. The Labute approximate surface area is 181 Å². The molecular weight excluding hydrogens is 455 g/mol. The summed E-state index contributed by atoms with van der Waals surface area (Å²) in [7, 11) is 0. The first kappa shape index (κ1) is 24.8. The molecule has 0 aromatic heterocycles. The predicted molar refractivity (Wildman–Crippen MR) is 104 cm³/mol. The van der Waals surface area contributed by atoms with E-state index in [1.807, 2.05) is 12.1 Å². The molecule has 2 aromatic carbocycles. The summed E-state index contributed by atoms with van der Waals surface area (Å²) in [5.74, 6) is 0. The average molecular weight is 474 g/mol. The standard InChI is InChI=1S/C20H18ClF6NO.ClH/c21-16-5-3-13(4-6-16)18-17(2-1-7-28-18)29-11-12-8-14(19(22,23)24)10-15(9-12)20(25,26)27;/h3-6,8-10,17-18,28H,1-2,7,11H2;1H/t17-,18-;/m0./s1. The molecule has 1 aliphatic rings. The summed E-state index contributed by atoms with van der Waals surface area (Å²) in [4.78, 5) is 0. The smallest absolute Gasteiger partial charge is 0.372 e. The van der Waals surface area contributed by atoms with E-state index in [1.165, 1.54) is 0 Å². The molecule has 0 spiro atoms. The van der Waals surface area contributed by atoms with Crippen molar-refractivity contribution in [2.45, 2.75) is 43.9 Å². The van der Waals surface area contributed by atoms with Crippen LogP contribution in [0.3, 0.4) is 0 Å². The van der Waals surface area contributed by atoms with Crippen molar-refractivity contribution in [3.05, 3.63) is 69.7 Å². The highest BCUT2D eigenvalue weighted by Gasteiger charge is 2.37. The zero-order valence-corrected chi connectivity index (χ0v) is 17.1. The number of hydrogen-bond donors (Lipinski definition) is 1. The van der Waals surface area contributed by atoms with Crippen molar-refractivity contribution in [1.82, 2.24) is 5.32 Å². The molecule has 1 N–H and O–H groups in total. The summed E-state index contributed by atoms with van der Waals surface area (Å²) in [6.07, 6.45) is -8.74. The lowest BCUT2D eigenvalue weighted by Gasteiger charge is -2.33. The molecule has 10 heteroatoms. The van der Waals surface area contributed by atoms with Crippen LogP contribution in [0.4, 0.5) is 26.3 Å². The molecule has 0 unspecified atom stereocenters. The van der Waals surface area contributed by atoms with Gasteiger partial charge in [-0.25, -0.2) is 0 Å². The van der Waals surface area contributed by atoms with Crippen LogP contribution < -0.4 is 5.32 Å². The maximum absolute atomic E-state index is 13.0. The van der Waals surface area contributed by atoms with E-state index < -0.39 is 29.6 Å². The van der Waals surface area contributed by atoms with E-state index in [9.17, 15) is 26.3 Å². The monoisotopic (exact) mass is 473 g/mol. The van der Waals surface area contributed by atoms with Gasteiger partial charge in [0.2, 0.25) is 0 Å². The summed E-state index contributed by atoms with van der Waals surface area (Å²) in [6, 6.07) is 8.34. The Morgan fingerprint density at radius 2 is 1.50 bits per heavy atom. The molecule has 2 nitrogen and oxygen atoms in total. The fourth-order valence-corrected chi connectivity index (χ4v) is 3.47. The maximum Gasteiger partial charge on any atom is 0.416 e. The van der Waals surface area contributed by atoms with E-state index in [2.05, 4.69) is 5.32 Å². The molecule has 0 bridgehead atoms. The van der Waals surface area contributed by atoms with E-state index in [0.29, 0.717) is 23.6 Å². The lowest BCUT2D eigenvalue weighted by Crippen LogP contribution is -2.39. The van der Waals surface area contributed by atoms with Crippen LogP contribution in [0.1, 0.15) is 41.1 Å². The number of alkyl halides is 6. The van der Waals surface area contributed by atoms with Crippen molar-refractivity contribution < 1.29 is 31.1 Å². The zero-order valence-electron chi connectivity index (χ0n) is 15.5. The quantitative estimate of drug-likeness (QED) is 0.492. The minimum absolute atomic E-state index is 0. The van der Waals surface area contributed by atoms with E-state index in [4.69, 9.17) is 16.3 Å². The number of ether oxygens (including phenoxy) is 1. The van der Waals surface area contributed by atoms with Crippen molar-refractivity contribution in [1.29, 1.82) is 0 Å². The second kappa shape index (κ2) is 9.77. The van der Waals surface area contributed by atoms with E-state index in [-0.39, 0.29) is 36.7 Å². The van der Waals surface area contributed by atoms with E-state index in [0.717, 1.165) is 18.5 Å². The Hall–Kier alpha value is -1.48. The first-order chi connectivity index (χ1) is 13.5. The van der Waals surface area contributed by atoms with Gasteiger partial charge in [0.25, 0.3) is 0 Å². The van der Waals surface area contributed by atoms with Gasteiger partial charge >= 0.3 is 12.4 Å². The second-order valence-electron chi connectivity index (χ2n) is 6.89. The third kappa shape index (κ3) is 6.26. The van der Waals surface area contributed by atoms with Crippen LogP contribution in [0.2, 0.25) is 5.02 Å². The van der Waals surface area contributed by atoms with Gasteiger partial charge in [0.1, 0.15) is 0 Å². The van der Waals surface area contributed by atoms with Crippen LogP contribution in [-0.4, -0.2) is 12.6 Å². The topological polar surface area (TPSA) is 21.3 Å². The molecule has 1 fully saturated rings. The Kier molecular flexibility index (Phi) is 8.07. The highest BCUT2D eigenvalue weighted by atomic mass is 35.5. The number of rotatable bonds is 4. The van der Waals surface area contributed by atoms with Gasteiger partial charge in [-0.1, -0.05) is 23.7 Å². The van der Waals surface area contributed by atoms with Crippen LogP contribution in [0.5, 0.6) is 0 Å². The molecule has 2 atom stereocenters. The van der Waals surface area contributed by atoms with Gasteiger partial charge in [0.05, 0.1) is 29.9 Å². The van der Waals surface area contributed by atoms with Crippen LogP contribution in [-0.2, 0) is 23.7 Å². The van der Waals surface area contributed by atoms with Gasteiger partial charge in [-0.2, -0.15) is 26.3 Å². The lowest BCUT2D eigenvalue weighted by molar-refractivity contribution is -0.143. The zero-order chi connectivity index (χ0) is 21.2. The average Bonchev–Trinajstić information content (AvgIpc) is 2.66. The fraction of sp³-hybridized carbons (Fsp3) is 0.400. The minimum Gasteiger partial charge on any atom is -0.372 e. The molecule has 166 valence electrons. The van der Waals surface area contributed by atoms with Crippen molar-refractivity contribution in [2.24, 2.45) is 0 Å². The Balaban J connectivity index is 0.00000320. The van der Waals surface area contributed by atoms with Crippen LogP contribution >= 0.6 is 24.0 Å². The molecule has 0 aliphatic carbocycles. The number of hydrogen-bond acceptors (Lipinski definition) is 2. The van der Waals surface area contributed by atoms with Gasteiger partial charge in [-0.05, 0) is 60.8 Å². The van der Waals surface area contributed by atoms with Crippen molar-refractivity contribution in [2.75, 3.05) is 6.54 Å². The summed E-state index contributed by atoms with van der Waals surface area (Å²) in [5, 5.41) is 3.85. The molecule has 0 radical (unpaired) electrons. The third-order valence-corrected chi connectivity index (χ3v) is 4.99. The number of piperidine rings is 1. The van der Waals surface area contributed by atoms with Gasteiger partial charge in [0.15, 0.2) is 0 Å². The highest BCUT2D eigenvalue weighted by Crippen LogP contribution is 2.37. The number of nitrogens with one attached hydrogen (secondary N) is 1. The van der Waals surface area contributed by atoms with Gasteiger partial charge in [-0.3, -0.25) is 0 Å². The Morgan fingerprint density at radius 1 is 0.933 bits per heavy atom. The van der Waals surface area contributed by atoms with Crippen molar-refractivity contribution >= 4 is 24.0 Å². The van der Waals surface area contributed by atoms with E-state index >= 15 is 0 Å². The molecule has 0 amide bonds. The van der Waals surface area contributed by atoms with Crippen LogP contribution in [0.15, 0.2) is 42.5 Å². The van der Waals surface area contributed by atoms with Gasteiger partial charge in [0, 0.05) is 5.02 Å². The lowest BCUT2D eigenvalue weighted by atomic mass is 9.94. The first-order valence-corrected chi connectivity index (χ1v) is 9.30. The first-order valence-electron chi connectivity index (χ1n) is 8.93. The number of halogens is 8. The Bertz CT molecular complexity index is 806. The Morgan fingerprint density at radius 3 is 2.03 bits per heavy atom. The van der Waals surface area contributed by atoms with Crippen molar-refractivity contribution in [3.8, 4) is 0 Å². The largest absolute Gasteiger partial charge is 0.416 e. The highest BCUT2D eigenvalue weighted by molar-refractivity contribution is 6.30. The molecule has 1 aliphatic heterocycles. The van der Waals surface area contributed by atoms with Crippen molar-refractivity contribution in [3.63, 3.8) is 0 Å². The summed E-state index contributed by atoms with van der Waals surface area (Å²) in [6.45, 7) is 0.373. The van der Waals surface area contributed by atoms with E-state index in [1.54, 1.807) is 12.1 Å².